The van der Waals surface area contributed by atoms with Crippen molar-refractivity contribution in [2.45, 2.75) is 202 Å². The smallest absolute Gasteiger partial charge is 0.0786 e. The molecular weight excluding hydrogens is 478 g/mol. The summed E-state index contributed by atoms with van der Waals surface area (Å²) in [5.74, 6) is -0.909. The maximum absolute atomic E-state index is 10.1. The molecule has 0 aliphatic carbocycles. The van der Waals surface area contributed by atoms with Gasteiger partial charge in [-0.15, -0.1) is 0 Å². The second-order valence-corrected chi connectivity index (χ2v) is 12.3. The van der Waals surface area contributed by atoms with Crippen LogP contribution in [0.1, 0.15) is 202 Å². The third-order valence-electron chi connectivity index (χ3n) is 8.98. The molecule has 0 saturated carbocycles. The molecule has 0 aromatic heterocycles. The molecule has 0 N–H and O–H groups in total. The summed E-state index contributed by atoms with van der Waals surface area (Å²) in [4.78, 5) is 10.1. The molecule has 3 nitrogen and oxygen atoms in total. The van der Waals surface area contributed by atoms with Gasteiger partial charge in [-0.1, -0.05) is 155 Å². The third kappa shape index (κ3) is 31.8. The lowest BCUT2D eigenvalue weighted by molar-refractivity contribution is -0.923. The predicted octanol–water partition coefficient (Wildman–Crippen LogP) is 10.8. The van der Waals surface area contributed by atoms with E-state index in [0.717, 1.165) is 12.8 Å². The monoisotopic (exact) mass is 554 g/mol. The maximum atomic E-state index is 10.1. The van der Waals surface area contributed by atoms with E-state index in [-0.39, 0.29) is 6.42 Å². The van der Waals surface area contributed by atoms with Crippen LogP contribution in [-0.2, 0) is 4.79 Å². The van der Waals surface area contributed by atoms with Crippen LogP contribution >= 0.6 is 0 Å². The molecule has 39 heavy (non-hydrogen) atoms. The fraction of sp³-hybridized carbons (Fsp3) is 0.972. The van der Waals surface area contributed by atoms with E-state index in [9.17, 15) is 9.90 Å². The topological polar surface area (TPSA) is 40.1 Å². The number of rotatable bonds is 30. The average Bonchev–Trinajstić information content (AvgIpc) is 2.94. The van der Waals surface area contributed by atoms with Crippen LogP contribution in [0, 0.1) is 0 Å². The van der Waals surface area contributed by atoms with Gasteiger partial charge in [0.05, 0.1) is 26.2 Å². The molecule has 0 unspecified atom stereocenters. The van der Waals surface area contributed by atoms with E-state index in [2.05, 4.69) is 34.6 Å². The van der Waals surface area contributed by atoms with Gasteiger partial charge in [-0.3, -0.25) is 0 Å². The molecule has 0 aliphatic heterocycles. The summed E-state index contributed by atoms with van der Waals surface area (Å²) in [6, 6.07) is 0. The van der Waals surface area contributed by atoms with Gasteiger partial charge in [0, 0.05) is 5.97 Å². The normalized spacial score (nSPS) is 11.4. The van der Waals surface area contributed by atoms with E-state index in [0.29, 0.717) is 0 Å². The molecule has 0 aromatic rings. The van der Waals surface area contributed by atoms with Crippen molar-refractivity contribution in [2.75, 3.05) is 26.2 Å². The lowest BCUT2D eigenvalue weighted by atomic mass is 10.0. The summed E-state index contributed by atoms with van der Waals surface area (Å²) in [6.07, 6.45) is 34.6. The first-order valence-corrected chi connectivity index (χ1v) is 18.1. The van der Waals surface area contributed by atoms with Crippen molar-refractivity contribution in [1.29, 1.82) is 0 Å². The number of hydrogen-bond donors (Lipinski definition) is 0. The first-order chi connectivity index (χ1) is 19.0. The summed E-state index contributed by atoms with van der Waals surface area (Å²) in [7, 11) is 0. The molecule has 0 aromatic carbocycles. The Balaban J connectivity index is 0. The molecule has 0 atom stereocenters. The van der Waals surface area contributed by atoms with Crippen LogP contribution < -0.4 is 5.11 Å². The fourth-order valence-corrected chi connectivity index (χ4v) is 5.72. The van der Waals surface area contributed by atoms with Gasteiger partial charge in [-0.25, -0.2) is 0 Å². The van der Waals surface area contributed by atoms with Crippen molar-refractivity contribution in [3.63, 3.8) is 0 Å². The first-order valence-electron chi connectivity index (χ1n) is 18.1. The number of carboxylic acid groups (broad SMARTS) is 1. The maximum Gasteiger partial charge on any atom is 0.0786 e. The van der Waals surface area contributed by atoms with Crippen molar-refractivity contribution < 1.29 is 14.4 Å². The number of aliphatic carboxylic acids is 1. The van der Waals surface area contributed by atoms with Crippen molar-refractivity contribution in [3.8, 4) is 0 Å². The SMILES string of the molecule is CCCCCCCCCCCC(=O)[O-].CCCCCCCCCCCCCCCCCC[N+](CC)(CC)CC. The third-order valence-corrected chi connectivity index (χ3v) is 8.98. The number of carbonyl (C=O) groups excluding carboxylic acids is 1. The van der Waals surface area contributed by atoms with Crippen molar-refractivity contribution in [3.05, 3.63) is 0 Å². The largest absolute Gasteiger partial charge is 0.550 e. The van der Waals surface area contributed by atoms with E-state index < -0.39 is 5.97 Å². The van der Waals surface area contributed by atoms with Gasteiger partial charge in [0.1, 0.15) is 0 Å². The minimum atomic E-state index is -0.909. The Bertz CT molecular complexity index is 453. The molecule has 0 spiro atoms. The highest BCUT2D eigenvalue weighted by Gasteiger charge is 2.19. The van der Waals surface area contributed by atoms with Crippen LogP contribution in [0.4, 0.5) is 0 Å². The summed E-state index contributed by atoms with van der Waals surface area (Å²) in [6.45, 7) is 16.9. The van der Waals surface area contributed by atoms with Crippen molar-refractivity contribution in [2.24, 2.45) is 0 Å². The molecule has 0 aliphatic rings. The van der Waals surface area contributed by atoms with Gasteiger partial charge in [-0.05, 0) is 46.5 Å². The average molecular weight is 554 g/mol. The van der Waals surface area contributed by atoms with Crippen LogP contribution in [0.15, 0.2) is 0 Å². The fourth-order valence-electron chi connectivity index (χ4n) is 5.72. The predicted molar refractivity (Wildman–Crippen MR) is 173 cm³/mol. The summed E-state index contributed by atoms with van der Waals surface area (Å²) in [5, 5.41) is 10.1. The van der Waals surface area contributed by atoms with Crippen molar-refractivity contribution >= 4 is 5.97 Å². The second kappa shape index (κ2) is 33.6. The molecule has 0 heterocycles. The van der Waals surface area contributed by atoms with Gasteiger partial charge in [0.15, 0.2) is 0 Å². The molecule has 0 bridgehead atoms. The summed E-state index contributed by atoms with van der Waals surface area (Å²) in [5.41, 5.74) is 0. The van der Waals surface area contributed by atoms with Crippen LogP contribution in [0.2, 0.25) is 0 Å². The Morgan fingerprint density at radius 1 is 0.410 bits per heavy atom. The molecule has 0 saturated heterocycles. The van der Waals surface area contributed by atoms with Gasteiger partial charge in [0.2, 0.25) is 0 Å². The first kappa shape index (κ1) is 40.6. The zero-order valence-electron chi connectivity index (χ0n) is 28.0. The van der Waals surface area contributed by atoms with Gasteiger partial charge in [-0.2, -0.15) is 0 Å². The van der Waals surface area contributed by atoms with E-state index in [1.165, 1.54) is 178 Å². The number of hydrogen-bond acceptors (Lipinski definition) is 2. The molecule has 3 heteroatoms. The molecule has 0 fully saturated rings. The molecule has 0 radical (unpaired) electrons. The lowest BCUT2D eigenvalue weighted by Crippen LogP contribution is -2.48. The Hall–Kier alpha value is -0.570. The quantitative estimate of drug-likeness (QED) is 0.0655. The van der Waals surface area contributed by atoms with Crippen molar-refractivity contribution in [1.82, 2.24) is 0 Å². The Kier molecular flexibility index (Phi) is 35.0. The van der Waals surface area contributed by atoms with Gasteiger partial charge in [0.25, 0.3) is 0 Å². The number of carboxylic acids is 1. The minimum Gasteiger partial charge on any atom is -0.550 e. The van der Waals surface area contributed by atoms with E-state index >= 15 is 0 Å². The lowest BCUT2D eigenvalue weighted by Gasteiger charge is -2.35. The minimum absolute atomic E-state index is 0.232. The Morgan fingerprint density at radius 3 is 0.923 bits per heavy atom. The summed E-state index contributed by atoms with van der Waals surface area (Å²) >= 11 is 0. The van der Waals surface area contributed by atoms with E-state index in [1.807, 2.05) is 0 Å². The zero-order chi connectivity index (χ0) is 29.3. The van der Waals surface area contributed by atoms with E-state index in [1.54, 1.807) is 0 Å². The van der Waals surface area contributed by atoms with Crippen LogP contribution in [-0.4, -0.2) is 36.6 Å². The zero-order valence-corrected chi connectivity index (χ0v) is 28.0. The number of carbonyl (C=O) groups is 1. The van der Waals surface area contributed by atoms with Crippen LogP contribution in [0.25, 0.3) is 0 Å². The molecule has 0 amide bonds. The van der Waals surface area contributed by atoms with Gasteiger partial charge >= 0.3 is 0 Å². The molecule has 0 rings (SSSR count). The van der Waals surface area contributed by atoms with Crippen LogP contribution in [0.3, 0.4) is 0 Å². The highest BCUT2D eigenvalue weighted by atomic mass is 16.4. The van der Waals surface area contributed by atoms with Gasteiger partial charge < -0.3 is 14.4 Å². The number of nitrogens with zero attached hydrogens (tertiary/aromatic N) is 1. The number of unbranched alkanes of at least 4 members (excludes halogenated alkanes) is 23. The summed E-state index contributed by atoms with van der Waals surface area (Å²) < 4.78 is 1.33. The molecular formula is C36H75NO2. The highest BCUT2D eigenvalue weighted by Crippen LogP contribution is 2.15. The Morgan fingerprint density at radius 2 is 0.667 bits per heavy atom. The second-order valence-electron chi connectivity index (χ2n) is 12.3. The Labute approximate surface area is 247 Å². The standard InChI is InChI=1S/C24H52N.C12H24O2/c1-5-9-10-11-12-13-14-15-16-17-18-19-20-21-22-23-24-25(6-2,7-3)8-4;1-2-3-4-5-6-7-8-9-10-11-12(13)14/h5-24H2,1-4H3;2-11H2,1H3,(H,13,14)/q+1;/p-1. The number of quaternary nitrogens is 1. The molecule has 236 valence electrons. The highest BCUT2D eigenvalue weighted by molar-refractivity contribution is 5.64. The van der Waals surface area contributed by atoms with Crippen LogP contribution in [0.5, 0.6) is 0 Å². The van der Waals surface area contributed by atoms with E-state index in [4.69, 9.17) is 0 Å².